The largest absolute Gasteiger partial charge is 0.587 e. The van der Waals surface area contributed by atoms with Crippen LogP contribution in [0.2, 0.25) is 0 Å². The number of nitrogens with zero attached hydrogens (tertiary/aromatic N) is 4. The normalized spacial score (nSPS) is 9.80. The maximum Gasteiger partial charge on any atom is 0.269 e. The molecule has 0 saturated heterocycles. The number of nitro benzene ring substituents is 1. The van der Waals surface area contributed by atoms with Gasteiger partial charge in [-0.25, -0.2) is 0 Å². The molecule has 0 heterocycles. The molecule has 0 fully saturated rings. The molecular formula is C32H62N5O8Y-. The van der Waals surface area contributed by atoms with Gasteiger partial charge in [-0.15, -0.1) is 6.54 Å². The van der Waals surface area contributed by atoms with E-state index in [1.165, 1.54) is 61.9 Å². The number of non-ortho nitro benzene ring substituents is 1. The fraction of sp³-hybridized carbons (Fsp3) is 0.719. The molecule has 0 saturated carbocycles. The van der Waals surface area contributed by atoms with Gasteiger partial charge in [0.25, 0.3) is 5.69 Å². The first kappa shape index (κ1) is 53.6. The van der Waals surface area contributed by atoms with Crippen LogP contribution in [0, 0.1) is 10.1 Å². The number of nitrogens with two attached hydrogens (primary N) is 1. The molecule has 1 rings (SSSR count). The van der Waals surface area contributed by atoms with Crippen LogP contribution < -0.4 is 10.6 Å². The monoisotopic (exact) mass is 733 g/mol. The molecule has 1 amide bonds. The van der Waals surface area contributed by atoms with Gasteiger partial charge in [0.05, 0.1) is 23.6 Å². The predicted molar refractivity (Wildman–Crippen MR) is 181 cm³/mol. The zero-order valence-electron chi connectivity index (χ0n) is 30.3. The van der Waals surface area contributed by atoms with Gasteiger partial charge in [-0.2, -0.15) is 0 Å². The number of nitro groups is 1. The fourth-order valence-corrected chi connectivity index (χ4v) is 2.62. The molecule has 0 unspecified atom stereocenters. The molecule has 46 heavy (non-hydrogen) atoms. The SMILES string of the molecule is CC.CC(C)O.CCCCN.CCCCOC.CN(CC(=O)C(C)(C)N(C)CC=O)C(=O)CC[N-]Oc1ccc([N+](=O)[O-])cc1.[Y]. The van der Waals surface area contributed by atoms with Crippen molar-refractivity contribution in [1.29, 1.82) is 0 Å². The summed E-state index contributed by atoms with van der Waals surface area (Å²) in [6, 6.07) is 5.40. The minimum absolute atomic E-state index is 0. The summed E-state index contributed by atoms with van der Waals surface area (Å²) >= 11 is 0. The van der Waals surface area contributed by atoms with Crippen molar-refractivity contribution in [3.8, 4) is 5.75 Å². The number of ketones is 1. The third-order valence-corrected chi connectivity index (χ3v) is 5.69. The van der Waals surface area contributed by atoms with E-state index in [2.05, 4.69) is 19.3 Å². The maximum atomic E-state index is 12.4. The van der Waals surface area contributed by atoms with E-state index in [1.807, 2.05) is 13.8 Å². The van der Waals surface area contributed by atoms with Gasteiger partial charge in [0.2, 0.25) is 5.91 Å². The number of likely N-dealkylation sites (N-methyl/N-ethyl adjacent to an activating group) is 2. The number of hydroxylamine groups is 1. The van der Waals surface area contributed by atoms with Crippen molar-refractivity contribution in [3.63, 3.8) is 0 Å². The number of rotatable bonds is 17. The number of carbonyl (C=O) groups excluding carboxylic acids is 3. The number of Topliss-reactive ketones (excluding diaryl/α,β-unsaturated/α-hetero) is 1. The Morgan fingerprint density at radius 1 is 1.11 bits per heavy atom. The summed E-state index contributed by atoms with van der Waals surface area (Å²) in [4.78, 5) is 53.3. The number of aliphatic hydroxyl groups excluding tert-OH is 1. The van der Waals surface area contributed by atoms with Crippen LogP contribution in [-0.2, 0) is 51.8 Å². The van der Waals surface area contributed by atoms with Crippen LogP contribution >= 0.6 is 0 Å². The number of hydrogen-bond acceptors (Lipinski definition) is 10. The average Bonchev–Trinajstić information content (AvgIpc) is 3.00. The van der Waals surface area contributed by atoms with Crippen molar-refractivity contribution in [2.75, 3.05) is 54.0 Å². The van der Waals surface area contributed by atoms with Crippen LogP contribution in [0.4, 0.5) is 5.69 Å². The number of hydrogen-bond donors (Lipinski definition) is 2. The first-order valence-electron chi connectivity index (χ1n) is 15.5. The van der Waals surface area contributed by atoms with Crippen LogP contribution in [0.25, 0.3) is 5.48 Å². The Morgan fingerprint density at radius 2 is 1.61 bits per heavy atom. The summed E-state index contributed by atoms with van der Waals surface area (Å²) in [6.07, 6.45) is 5.40. The number of amides is 1. The van der Waals surface area contributed by atoms with Crippen LogP contribution in [0.5, 0.6) is 5.75 Å². The summed E-state index contributed by atoms with van der Waals surface area (Å²) in [5, 5.41) is 18.6. The second-order valence-corrected chi connectivity index (χ2v) is 10.3. The predicted octanol–water partition coefficient (Wildman–Crippen LogP) is 5.18. The summed E-state index contributed by atoms with van der Waals surface area (Å²) in [5.41, 5.74) is 7.97. The van der Waals surface area contributed by atoms with Gasteiger partial charge in [-0.1, -0.05) is 40.5 Å². The van der Waals surface area contributed by atoms with E-state index in [4.69, 9.17) is 20.4 Å². The zero-order chi connectivity index (χ0) is 35.8. The molecule has 1 aromatic rings. The van der Waals surface area contributed by atoms with E-state index < -0.39 is 10.5 Å². The van der Waals surface area contributed by atoms with Gasteiger partial charge < -0.3 is 35.6 Å². The molecule has 14 heteroatoms. The molecule has 3 N–H and O–H groups in total. The molecular weight excluding hydrogens is 671 g/mol. The number of ether oxygens (including phenoxy) is 1. The second-order valence-electron chi connectivity index (χ2n) is 10.3. The van der Waals surface area contributed by atoms with E-state index in [1.54, 1.807) is 46.8 Å². The smallest absolute Gasteiger partial charge is 0.269 e. The molecule has 267 valence electrons. The van der Waals surface area contributed by atoms with Gasteiger partial charge in [-0.05, 0) is 66.3 Å². The Labute approximate surface area is 303 Å². The third kappa shape index (κ3) is 32.1. The first-order chi connectivity index (χ1) is 21.1. The molecule has 0 aliphatic carbocycles. The van der Waals surface area contributed by atoms with Gasteiger partial charge >= 0.3 is 0 Å². The minimum atomic E-state index is -0.876. The summed E-state index contributed by atoms with van der Waals surface area (Å²) in [6.45, 7) is 17.0. The van der Waals surface area contributed by atoms with Crippen molar-refractivity contribution < 1.29 is 66.7 Å². The van der Waals surface area contributed by atoms with Crippen molar-refractivity contribution in [3.05, 3.63) is 39.9 Å². The van der Waals surface area contributed by atoms with Crippen molar-refractivity contribution in [2.24, 2.45) is 5.73 Å². The minimum Gasteiger partial charge on any atom is -0.587 e. The molecule has 0 spiro atoms. The molecule has 0 aliphatic rings. The topological polar surface area (TPSA) is 180 Å². The Balaban J connectivity index is -0.000000256. The Bertz CT molecular complexity index is 866. The van der Waals surface area contributed by atoms with E-state index in [-0.39, 0.29) is 82.2 Å². The van der Waals surface area contributed by atoms with Gasteiger partial charge in [0, 0.05) is 78.1 Å². The van der Waals surface area contributed by atoms with E-state index in [0.29, 0.717) is 5.75 Å². The molecule has 1 aromatic carbocycles. The average molecular weight is 734 g/mol. The van der Waals surface area contributed by atoms with Crippen LogP contribution in [0.1, 0.15) is 87.5 Å². The molecule has 0 atom stereocenters. The summed E-state index contributed by atoms with van der Waals surface area (Å²) in [7, 11) is 4.92. The molecule has 1 radical (unpaired) electrons. The van der Waals surface area contributed by atoms with Crippen LogP contribution in [0.3, 0.4) is 0 Å². The second kappa shape index (κ2) is 36.0. The van der Waals surface area contributed by atoms with Gasteiger partial charge in [0.1, 0.15) is 12.0 Å². The summed E-state index contributed by atoms with van der Waals surface area (Å²) in [5.74, 6) is -0.147. The zero-order valence-corrected chi connectivity index (χ0v) is 33.1. The van der Waals surface area contributed by atoms with E-state index >= 15 is 0 Å². The van der Waals surface area contributed by atoms with Gasteiger partial charge in [0.15, 0.2) is 5.78 Å². The number of methoxy groups -OCH3 is 1. The molecule has 0 bridgehead atoms. The maximum absolute atomic E-state index is 12.4. The summed E-state index contributed by atoms with van der Waals surface area (Å²) < 4.78 is 4.78. The number of aliphatic hydroxyl groups is 1. The first-order valence-corrected chi connectivity index (χ1v) is 15.5. The Hall–Kier alpha value is -1.87. The number of unbranched alkanes of at least 4 members (excludes halogenated alkanes) is 2. The standard InChI is InChI=1S/C18H25N4O6.C5H12O.C4H11N.C3H8O.C2H6.Y/c1-18(2,21(4)11-12-23)16(24)13-20(3)17(25)9-10-19-28-15-7-5-14(6-8-15)22(26)27;1-3-4-5-6-2;1-2-3-4-5;1-3(2)4;1-2;/h5-8,12H,9-11,13H2,1-4H3;3-5H2,1-2H3;2-5H2,1H3;3-4H,1-2H3;1-2H3;/q-1;;;;;. The van der Waals surface area contributed by atoms with Crippen molar-refractivity contribution in [1.82, 2.24) is 9.80 Å². The Morgan fingerprint density at radius 3 is 1.96 bits per heavy atom. The van der Waals surface area contributed by atoms with Crippen LogP contribution in [0.15, 0.2) is 24.3 Å². The molecule has 0 aromatic heterocycles. The van der Waals surface area contributed by atoms with Crippen molar-refractivity contribution in [2.45, 2.75) is 99.1 Å². The van der Waals surface area contributed by atoms with E-state index in [0.717, 1.165) is 19.4 Å². The van der Waals surface area contributed by atoms with E-state index in [9.17, 15) is 24.5 Å². The number of carbonyl (C=O) groups is 3. The van der Waals surface area contributed by atoms with Crippen molar-refractivity contribution >= 4 is 23.7 Å². The fourth-order valence-electron chi connectivity index (χ4n) is 2.62. The Kier molecular flexibility index (Phi) is 41.9. The number of aldehydes is 1. The third-order valence-electron chi connectivity index (χ3n) is 5.69. The van der Waals surface area contributed by atoms with Crippen LogP contribution in [-0.4, -0.2) is 103 Å². The quantitative estimate of drug-likeness (QED) is 0.0938. The van der Waals surface area contributed by atoms with Gasteiger partial charge in [-0.3, -0.25) is 24.6 Å². The number of benzene rings is 1. The molecule has 13 nitrogen and oxygen atoms in total. The molecule has 0 aliphatic heterocycles.